The molecule has 116 valence electrons. The van der Waals surface area contributed by atoms with Crippen molar-refractivity contribution in [3.63, 3.8) is 0 Å². The maximum absolute atomic E-state index is 13.5. The third-order valence-electron chi connectivity index (χ3n) is 4.49. The summed E-state index contributed by atoms with van der Waals surface area (Å²) in [5.74, 6) is -0.179. The zero-order chi connectivity index (χ0) is 16.0. The maximum Gasteiger partial charge on any atom is 0.254 e. The third-order valence-corrected chi connectivity index (χ3v) is 4.49. The van der Waals surface area contributed by atoms with Gasteiger partial charge >= 0.3 is 0 Å². The fourth-order valence-corrected chi connectivity index (χ4v) is 3.35. The molecule has 0 spiro atoms. The lowest BCUT2D eigenvalue weighted by Crippen LogP contribution is -2.35. The summed E-state index contributed by atoms with van der Waals surface area (Å²) >= 11 is 0. The number of rotatable bonds is 1. The maximum atomic E-state index is 13.5. The molecule has 1 aromatic heterocycles. The number of H-pyrrole nitrogens is 1. The Hall–Kier alpha value is -2.62. The van der Waals surface area contributed by atoms with Crippen molar-refractivity contribution >= 4 is 16.8 Å². The predicted octanol–water partition coefficient (Wildman–Crippen LogP) is 3.81. The number of benzene rings is 2. The number of fused-ring (bicyclic) bond motifs is 3. The van der Waals surface area contributed by atoms with Crippen molar-refractivity contribution < 1.29 is 9.18 Å². The van der Waals surface area contributed by atoms with Crippen molar-refractivity contribution in [2.75, 3.05) is 6.54 Å². The zero-order valence-corrected chi connectivity index (χ0v) is 12.9. The third kappa shape index (κ3) is 2.40. The summed E-state index contributed by atoms with van der Waals surface area (Å²) < 4.78 is 13.5. The minimum Gasteiger partial charge on any atom is -0.357 e. The van der Waals surface area contributed by atoms with Gasteiger partial charge in [-0.05, 0) is 49.2 Å². The van der Waals surface area contributed by atoms with E-state index in [0.29, 0.717) is 13.1 Å². The number of aromatic nitrogens is 1. The van der Waals surface area contributed by atoms with E-state index in [9.17, 15) is 9.18 Å². The molecule has 2 heterocycles. The first-order chi connectivity index (χ1) is 11.1. The molecule has 0 saturated heterocycles. The Bertz CT molecular complexity index is 913. The SMILES string of the molecule is Cc1cccc(C(=O)N2CCc3c([nH]c4ccc(F)cc34)C2)c1. The number of nitrogens with zero attached hydrogens (tertiary/aromatic N) is 1. The number of amides is 1. The summed E-state index contributed by atoms with van der Waals surface area (Å²) in [5, 5.41) is 0.933. The molecule has 0 atom stereocenters. The monoisotopic (exact) mass is 308 g/mol. The van der Waals surface area contributed by atoms with Crippen LogP contribution in [0.3, 0.4) is 0 Å². The molecule has 2 aromatic carbocycles. The van der Waals surface area contributed by atoms with Crippen LogP contribution in [0.4, 0.5) is 4.39 Å². The standard InChI is InChI=1S/C19H17FN2O/c1-12-3-2-4-13(9-12)19(23)22-8-7-15-16-10-14(20)5-6-17(16)21-18(15)11-22/h2-6,9-10,21H,7-8,11H2,1H3. The Morgan fingerprint density at radius 1 is 1.22 bits per heavy atom. The molecular formula is C19H17FN2O. The summed E-state index contributed by atoms with van der Waals surface area (Å²) in [7, 11) is 0. The summed E-state index contributed by atoms with van der Waals surface area (Å²) in [5.41, 5.74) is 4.87. The van der Waals surface area contributed by atoms with Crippen LogP contribution in [0.15, 0.2) is 42.5 Å². The van der Waals surface area contributed by atoms with E-state index in [4.69, 9.17) is 0 Å². The van der Waals surface area contributed by atoms with Gasteiger partial charge in [0, 0.05) is 28.7 Å². The number of carbonyl (C=O) groups is 1. The number of aromatic amines is 1. The highest BCUT2D eigenvalue weighted by atomic mass is 19.1. The average Bonchev–Trinajstić information content (AvgIpc) is 2.91. The first-order valence-electron chi connectivity index (χ1n) is 7.77. The molecule has 0 saturated carbocycles. The van der Waals surface area contributed by atoms with E-state index in [1.165, 1.54) is 6.07 Å². The predicted molar refractivity (Wildman–Crippen MR) is 87.9 cm³/mol. The molecule has 0 fully saturated rings. The van der Waals surface area contributed by atoms with Crippen LogP contribution in [0.2, 0.25) is 0 Å². The molecule has 3 nitrogen and oxygen atoms in total. The van der Waals surface area contributed by atoms with Crippen molar-refractivity contribution in [2.24, 2.45) is 0 Å². The van der Waals surface area contributed by atoms with Gasteiger partial charge in [-0.15, -0.1) is 0 Å². The second kappa shape index (κ2) is 5.23. The average molecular weight is 308 g/mol. The number of halogens is 1. The molecule has 0 bridgehead atoms. The highest BCUT2D eigenvalue weighted by Gasteiger charge is 2.24. The Labute approximate surface area is 133 Å². The first-order valence-corrected chi connectivity index (χ1v) is 7.77. The summed E-state index contributed by atoms with van der Waals surface area (Å²) in [6, 6.07) is 12.4. The van der Waals surface area contributed by atoms with E-state index in [2.05, 4.69) is 4.98 Å². The Balaban J connectivity index is 1.66. The number of aryl methyl sites for hydroxylation is 1. The highest BCUT2D eigenvalue weighted by Crippen LogP contribution is 2.28. The minimum atomic E-state index is -0.224. The fourth-order valence-electron chi connectivity index (χ4n) is 3.35. The van der Waals surface area contributed by atoms with Crippen molar-refractivity contribution in [1.82, 2.24) is 9.88 Å². The van der Waals surface area contributed by atoms with E-state index in [1.807, 2.05) is 36.1 Å². The van der Waals surface area contributed by atoms with Crippen LogP contribution in [0.5, 0.6) is 0 Å². The van der Waals surface area contributed by atoms with Gasteiger partial charge in [0.15, 0.2) is 0 Å². The van der Waals surface area contributed by atoms with E-state index >= 15 is 0 Å². The molecule has 0 aliphatic carbocycles. The van der Waals surface area contributed by atoms with Crippen LogP contribution >= 0.6 is 0 Å². The van der Waals surface area contributed by atoms with Crippen molar-refractivity contribution in [2.45, 2.75) is 19.9 Å². The van der Waals surface area contributed by atoms with Crippen LogP contribution in [0, 0.1) is 12.7 Å². The fraction of sp³-hybridized carbons (Fsp3) is 0.211. The Kier molecular flexibility index (Phi) is 3.18. The van der Waals surface area contributed by atoms with Crippen molar-refractivity contribution in [3.8, 4) is 0 Å². The lowest BCUT2D eigenvalue weighted by molar-refractivity contribution is 0.0733. The lowest BCUT2D eigenvalue weighted by atomic mass is 10.0. The molecule has 1 aliphatic heterocycles. The molecule has 0 unspecified atom stereocenters. The van der Waals surface area contributed by atoms with Gasteiger partial charge in [0.2, 0.25) is 0 Å². The van der Waals surface area contributed by atoms with Crippen LogP contribution < -0.4 is 0 Å². The molecule has 4 heteroatoms. The molecule has 3 aromatic rings. The highest BCUT2D eigenvalue weighted by molar-refractivity contribution is 5.95. The largest absolute Gasteiger partial charge is 0.357 e. The molecule has 23 heavy (non-hydrogen) atoms. The van der Waals surface area contributed by atoms with Gasteiger partial charge in [-0.1, -0.05) is 17.7 Å². The van der Waals surface area contributed by atoms with Crippen LogP contribution in [-0.2, 0) is 13.0 Å². The molecule has 1 amide bonds. The smallest absolute Gasteiger partial charge is 0.254 e. The zero-order valence-electron chi connectivity index (χ0n) is 12.9. The molecule has 1 aliphatic rings. The molecular weight excluding hydrogens is 291 g/mol. The van der Waals surface area contributed by atoms with Crippen molar-refractivity contribution in [1.29, 1.82) is 0 Å². The van der Waals surface area contributed by atoms with Gasteiger partial charge < -0.3 is 9.88 Å². The van der Waals surface area contributed by atoms with Crippen LogP contribution in [-0.4, -0.2) is 22.3 Å². The molecule has 4 rings (SSSR count). The summed E-state index contributed by atoms with van der Waals surface area (Å²) in [6.07, 6.45) is 0.746. The number of hydrogen-bond donors (Lipinski definition) is 1. The van der Waals surface area contributed by atoms with Gasteiger partial charge in [-0.25, -0.2) is 4.39 Å². The van der Waals surface area contributed by atoms with Gasteiger partial charge in [0.05, 0.1) is 6.54 Å². The second-order valence-corrected chi connectivity index (χ2v) is 6.12. The Morgan fingerprint density at radius 2 is 2.09 bits per heavy atom. The normalized spacial score (nSPS) is 14.1. The van der Waals surface area contributed by atoms with Gasteiger partial charge in [-0.2, -0.15) is 0 Å². The van der Waals surface area contributed by atoms with E-state index < -0.39 is 0 Å². The Morgan fingerprint density at radius 3 is 2.91 bits per heavy atom. The number of nitrogens with one attached hydrogen (secondary N) is 1. The topological polar surface area (TPSA) is 36.1 Å². The van der Waals surface area contributed by atoms with E-state index in [-0.39, 0.29) is 11.7 Å². The van der Waals surface area contributed by atoms with Crippen molar-refractivity contribution in [3.05, 3.63) is 70.7 Å². The van der Waals surface area contributed by atoms with Gasteiger partial charge in [0.25, 0.3) is 5.91 Å². The van der Waals surface area contributed by atoms with E-state index in [1.54, 1.807) is 12.1 Å². The van der Waals surface area contributed by atoms with Gasteiger partial charge in [0.1, 0.15) is 5.82 Å². The van der Waals surface area contributed by atoms with Crippen LogP contribution in [0.25, 0.3) is 10.9 Å². The summed E-state index contributed by atoms with van der Waals surface area (Å²) in [4.78, 5) is 17.9. The molecule has 0 radical (unpaired) electrons. The van der Waals surface area contributed by atoms with Crippen LogP contribution in [0.1, 0.15) is 27.2 Å². The number of hydrogen-bond acceptors (Lipinski definition) is 1. The first kappa shape index (κ1) is 14.0. The second-order valence-electron chi connectivity index (χ2n) is 6.12. The minimum absolute atomic E-state index is 0.0455. The molecule has 1 N–H and O–H groups in total. The van der Waals surface area contributed by atoms with E-state index in [0.717, 1.165) is 39.7 Å². The summed E-state index contributed by atoms with van der Waals surface area (Å²) in [6.45, 7) is 3.18. The lowest BCUT2D eigenvalue weighted by Gasteiger charge is -2.27. The van der Waals surface area contributed by atoms with Gasteiger partial charge in [-0.3, -0.25) is 4.79 Å². The number of carbonyl (C=O) groups excluding carboxylic acids is 1. The quantitative estimate of drug-likeness (QED) is 0.729.